The molecule has 0 amide bonds. The molecular formula is C16H17N3OS. The van der Waals surface area contributed by atoms with Crippen molar-refractivity contribution in [1.82, 2.24) is 9.97 Å². The SMILES string of the molecule is CC(C)(C)c1ccc(Sc2nc3ccc(N)cc3o2)nc1. The van der Waals surface area contributed by atoms with Crippen molar-refractivity contribution >= 4 is 28.5 Å². The fourth-order valence-electron chi connectivity index (χ4n) is 1.94. The van der Waals surface area contributed by atoms with E-state index in [1.165, 1.54) is 17.3 Å². The van der Waals surface area contributed by atoms with E-state index in [1.54, 1.807) is 6.07 Å². The van der Waals surface area contributed by atoms with Gasteiger partial charge in [-0.1, -0.05) is 26.8 Å². The Balaban J connectivity index is 1.84. The molecule has 3 rings (SSSR count). The second-order valence-electron chi connectivity index (χ2n) is 5.94. The Morgan fingerprint density at radius 1 is 1.14 bits per heavy atom. The Hall–Kier alpha value is -2.01. The first kappa shape index (κ1) is 13.9. The summed E-state index contributed by atoms with van der Waals surface area (Å²) in [4.78, 5) is 8.89. The lowest BCUT2D eigenvalue weighted by atomic mass is 9.88. The van der Waals surface area contributed by atoms with Crippen molar-refractivity contribution < 1.29 is 4.42 Å². The van der Waals surface area contributed by atoms with Crippen molar-refractivity contribution in [3.8, 4) is 0 Å². The lowest BCUT2D eigenvalue weighted by molar-refractivity contribution is 0.489. The Labute approximate surface area is 127 Å². The maximum atomic E-state index is 5.74. The van der Waals surface area contributed by atoms with Gasteiger partial charge in [-0.25, -0.2) is 9.97 Å². The van der Waals surface area contributed by atoms with Gasteiger partial charge in [0.15, 0.2) is 5.58 Å². The van der Waals surface area contributed by atoms with Crippen LogP contribution in [0.25, 0.3) is 11.1 Å². The number of anilines is 1. The van der Waals surface area contributed by atoms with Gasteiger partial charge in [0.25, 0.3) is 5.22 Å². The Morgan fingerprint density at radius 2 is 1.95 bits per heavy atom. The molecule has 0 aliphatic carbocycles. The molecule has 2 N–H and O–H groups in total. The highest BCUT2D eigenvalue weighted by molar-refractivity contribution is 7.99. The number of rotatable bonds is 2. The molecule has 5 heteroatoms. The summed E-state index contributed by atoms with van der Waals surface area (Å²) < 4.78 is 5.68. The molecule has 0 saturated heterocycles. The number of benzene rings is 1. The van der Waals surface area contributed by atoms with Crippen LogP contribution >= 0.6 is 11.8 Å². The summed E-state index contributed by atoms with van der Waals surface area (Å²) in [6.07, 6.45) is 1.91. The van der Waals surface area contributed by atoms with Crippen LogP contribution in [-0.2, 0) is 5.41 Å². The number of hydrogen-bond acceptors (Lipinski definition) is 5. The smallest absolute Gasteiger partial charge is 0.263 e. The molecule has 4 nitrogen and oxygen atoms in total. The number of fused-ring (bicyclic) bond motifs is 1. The van der Waals surface area contributed by atoms with E-state index in [-0.39, 0.29) is 5.41 Å². The predicted octanol–water partition coefficient (Wildman–Crippen LogP) is 4.25. The molecule has 0 fully saturated rings. The maximum Gasteiger partial charge on any atom is 0.263 e. The largest absolute Gasteiger partial charge is 0.431 e. The Kier molecular flexibility index (Phi) is 3.37. The molecule has 2 heterocycles. The second-order valence-corrected chi connectivity index (χ2v) is 6.92. The van der Waals surface area contributed by atoms with E-state index in [9.17, 15) is 0 Å². The highest BCUT2D eigenvalue weighted by atomic mass is 32.2. The topological polar surface area (TPSA) is 64.9 Å². The number of nitrogens with zero attached hydrogens (tertiary/aromatic N) is 2. The molecule has 0 saturated carbocycles. The Bertz CT molecular complexity index is 772. The quantitative estimate of drug-likeness (QED) is 0.716. The van der Waals surface area contributed by atoms with Crippen LogP contribution in [0.2, 0.25) is 0 Å². The normalized spacial score (nSPS) is 12.0. The summed E-state index contributed by atoms with van der Waals surface area (Å²) >= 11 is 1.41. The first-order valence-corrected chi connectivity index (χ1v) is 7.54. The summed E-state index contributed by atoms with van der Waals surface area (Å²) in [5.41, 5.74) is 9.22. The van der Waals surface area contributed by atoms with Gasteiger partial charge in [0, 0.05) is 18.0 Å². The molecule has 21 heavy (non-hydrogen) atoms. The summed E-state index contributed by atoms with van der Waals surface area (Å²) in [5.74, 6) is 0. The van der Waals surface area contributed by atoms with Gasteiger partial charge >= 0.3 is 0 Å². The zero-order valence-corrected chi connectivity index (χ0v) is 13.1. The molecular weight excluding hydrogens is 282 g/mol. The first-order valence-electron chi connectivity index (χ1n) is 6.72. The van der Waals surface area contributed by atoms with E-state index in [0.717, 1.165) is 10.5 Å². The predicted molar refractivity (Wildman–Crippen MR) is 85.5 cm³/mol. The van der Waals surface area contributed by atoms with E-state index in [1.807, 2.05) is 24.4 Å². The molecule has 3 aromatic rings. The molecule has 0 unspecified atom stereocenters. The number of nitrogens with two attached hydrogens (primary N) is 1. The van der Waals surface area contributed by atoms with Crippen LogP contribution in [0.1, 0.15) is 26.3 Å². The van der Waals surface area contributed by atoms with Crippen molar-refractivity contribution in [3.05, 3.63) is 42.1 Å². The molecule has 0 radical (unpaired) electrons. The molecule has 2 aromatic heterocycles. The van der Waals surface area contributed by atoms with Gasteiger partial charge in [-0.15, -0.1) is 0 Å². The van der Waals surface area contributed by atoms with Crippen LogP contribution < -0.4 is 5.73 Å². The molecule has 0 atom stereocenters. The standard InChI is InChI=1S/C16H17N3OS/c1-16(2,3)10-4-7-14(18-9-10)21-15-19-12-6-5-11(17)8-13(12)20-15/h4-9H,17H2,1-3H3. The monoisotopic (exact) mass is 299 g/mol. The summed E-state index contributed by atoms with van der Waals surface area (Å²) in [6, 6.07) is 9.54. The summed E-state index contributed by atoms with van der Waals surface area (Å²) in [5, 5.41) is 1.44. The van der Waals surface area contributed by atoms with E-state index in [2.05, 4.69) is 36.8 Å². The van der Waals surface area contributed by atoms with Gasteiger partial charge < -0.3 is 10.2 Å². The molecule has 108 valence electrons. The molecule has 1 aromatic carbocycles. The number of pyridine rings is 1. The van der Waals surface area contributed by atoms with Crippen LogP contribution in [0.5, 0.6) is 0 Å². The van der Waals surface area contributed by atoms with Crippen molar-refractivity contribution in [2.75, 3.05) is 5.73 Å². The van der Waals surface area contributed by atoms with E-state index < -0.39 is 0 Å². The van der Waals surface area contributed by atoms with Crippen molar-refractivity contribution in [2.45, 2.75) is 36.4 Å². The number of nitrogen functional groups attached to an aromatic ring is 1. The zero-order chi connectivity index (χ0) is 15.0. The number of hydrogen-bond donors (Lipinski definition) is 1. The third-order valence-electron chi connectivity index (χ3n) is 3.19. The second kappa shape index (κ2) is 5.07. The van der Waals surface area contributed by atoms with Crippen LogP contribution in [0.3, 0.4) is 0 Å². The van der Waals surface area contributed by atoms with Crippen molar-refractivity contribution in [3.63, 3.8) is 0 Å². The minimum atomic E-state index is 0.103. The van der Waals surface area contributed by atoms with Gasteiger partial charge in [0.2, 0.25) is 0 Å². The third-order valence-corrected chi connectivity index (χ3v) is 3.99. The molecule has 0 bridgehead atoms. The average Bonchev–Trinajstić information content (AvgIpc) is 2.79. The minimum Gasteiger partial charge on any atom is -0.431 e. The van der Waals surface area contributed by atoms with Gasteiger partial charge in [-0.2, -0.15) is 0 Å². The third kappa shape index (κ3) is 3.03. The van der Waals surface area contributed by atoms with Gasteiger partial charge in [-0.05, 0) is 40.9 Å². The van der Waals surface area contributed by atoms with Crippen LogP contribution in [0.4, 0.5) is 5.69 Å². The fourth-order valence-corrected chi connectivity index (χ4v) is 2.63. The highest BCUT2D eigenvalue weighted by Crippen LogP contribution is 2.30. The zero-order valence-electron chi connectivity index (χ0n) is 12.3. The Morgan fingerprint density at radius 3 is 2.62 bits per heavy atom. The number of aromatic nitrogens is 2. The van der Waals surface area contributed by atoms with Crippen molar-refractivity contribution in [2.24, 2.45) is 0 Å². The van der Waals surface area contributed by atoms with Gasteiger partial charge in [-0.3, -0.25) is 0 Å². The van der Waals surface area contributed by atoms with Crippen molar-refractivity contribution in [1.29, 1.82) is 0 Å². The maximum absolute atomic E-state index is 5.74. The van der Waals surface area contributed by atoms with Gasteiger partial charge in [0.05, 0.1) is 0 Å². The molecule has 0 spiro atoms. The molecule has 0 aliphatic rings. The first-order chi connectivity index (χ1) is 9.91. The van der Waals surface area contributed by atoms with E-state index in [0.29, 0.717) is 16.5 Å². The minimum absolute atomic E-state index is 0.103. The van der Waals surface area contributed by atoms with E-state index in [4.69, 9.17) is 10.2 Å². The number of oxazole rings is 1. The summed E-state index contributed by atoms with van der Waals surface area (Å²) in [6.45, 7) is 6.51. The highest BCUT2D eigenvalue weighted by Gasteiger charge is 2.14. The van der Waals surface area contributed by atoms with Crippen LogP contribution in [-0.4, -0.2) is 9.97 Å². The van der Waals surface area contributed by atoms with Crippen LogP contribution in [0.15, 0.2) is 51.2 Å². The average molecular weight is 299 g/mol. The van der Waals surface area contributed by atoms with Crippen LogP contribution in [0, 0.1) is 0 Å². The molecule has 0 aliphatic heterocycles. The van der Waals surface area contributed by atoms with E-state index >= 15 is 0 Å². The lowest BCUT2D eigenvalue weighted by Crippen LogP contribution is -2.11. The van der Waals surface area contributed by atoms with Gasteiger partial charge in [0.1, 0.15) is 10.5 Å². The summed E-state index contributed by atoms with van der Waals surface area (Å²) in [7, 11) is 0. The fraction of sp³-hybridized carbons (Fsp3) is 0.250. The lowest BCUT2D eigenvalue weighted by Gasteiger charge is -2.18.